The Kier molecular flexibility index (Phi) is 2.87. The lowest BCUT2D eigenvalue weighted by molar-refractivity contribution is 0.536. The van der Waals surface area contributed by atoms with Gasteiger partial charge in [0, 0.05) is 10.4 Å². The van der Waals surface area contributed by atoms with Crippen LogP contribution in [0.2, 0.25) is 4.34 Å². The van der Waals surface area contributed by atoms with Crippen LogP contribution in [0.15, 0.2) is 12.1 Å². The number of rotatable bonds is 4. The van der Waals surface area contributed by atoms with E-state index in [2.05, 4.69) is 13.0 Å². The number of thiophene rings is 1. The molecule has 1 saturated carbocycles. The summed E-state index contributed by atoms with van der Waals surface area (Å²) in [4.78, 5) is 1.39. The van der Waals surface area contributed by atoms with Gasteiger partial charge >= 0.3 is 0 Å². The molecular weight excluding hydrogens is 214 g/mol. The molecule has 0 saturated heterocycles. The minimum absolute atomic E-state index is 0.190. The van der Waals surface area contributed by atoms with Gasteiger partial charge in [-0.15, -0.1) is 11.3 Å². The standard InChI is InChI=1S/C11H16ClNS/c1-8(4-5-11(13)6-7-11)9-2-3-10(12)14-9/h2-3,8H,4-7,13H2,1H3. The monoisotopic (exact) mass is 229 g/mol. The summed E-state index contributed by atoms with van der Waals surface area (Å²) < 4.78 is 0.890. The Bertz CT molecular complexity index is 317. The number of nitrogens with two attached hydrogens (primary N) is 1. The van der Waals surface area contributed by atoms with Gasteiger partial charge in [0.1, 0.15) is 0 Å². The molecule has 0 amide bonds. The van der Waals surface area contributed by atoms with Gasteiger partial charge in [-0.05, 0) is 43.7 Å². The molecule has 1 aliphatic rings. The van der Waals surface area contributed by atoms with Gasteiger partial charge in [0.05, 0.1) is 4.34 Å². The fraction of sp³-hybridized carbons (Fsp3) is 0.636. The molecule has 1 nitrogen and oxygen atoms in total. The normalized spacial score (nSPS) is 20.8. The maximum atomic E-state index is 6.06. The zero-order valence-electron chi connectivity index (χ0n) is 8.42. The van der Waals surface area contributed by atoms with Gasteiger partial charge in [-0.2, -0.15) is 0 Å². The maximum absolute atomic E-state index is 6.06. The van der Waals surface area contributed by atoms with E-state index in [0.29, 0.717) is 5.92 Å². The van der Waals surface area contributed by atoms with Crippen LogP contribution in [0.1, 0.15) is 43.4 Å². The molecule has 0 aromatic carbocycles. The molecule has 1 heterocycles. The highest BCUT2D eigenvalue weighted by atomic mass is 35.5. The molecule has 0 spiro atoms. The summed E-state index contributed by atoms with van der Waals surface area (Å²) in [5.74, 6) is 0.605. The zero-order chi connectivity index (χ0) is 10.2. The highest BCUT2D eigenvalue weighted by Gasteiger charge is 2.37. The predicted octanol–water partition coefficient (Wildman–Crippen LogP) is 3.78. The van der Waals surface area contributed by atoms with Crippen LogP contribution in [0.25, 0.3) is 0 Å². The van der Waals surface area contributed by atoms with Crippen LogP contribution in [0, 0.1) is 0 Å². The molecule has 78 valence electrons. The van der Waals surface area contributed by atoms with Gasteiger partial charge in [-0.1, -0.05) is 18.5 Å². The second-order valence-electron chi connectivity index (χ2n) is 4.44. The summed E-state index contributed by atoms with van der Waals surface area (Å²) in [6.45, 7) is 2.26. The summed E-state index contributed by atoms with van der Waals surface area (Å²) in [5, 5.41) is 0. The molecule has 2 rings (SSSR count). The summed E-state index contributed by atoms with van der Waals surface area (Å²) >= 11 is 7.59. The Balaban J connectivity index is 1.86. The van der Waals surface area contributed by atoms with Crippen molar-refractivity contribution in [3.8, 4) is 0 Å². The third-order valence-electron chi connectivity index (χ3n) is 3.05. The van der Waals surface area contributed by atoms with E-state index < -0.39 is 0 Å². The van der Waals surface area contributed by atoms with Crippen molar-refractivity contribution in [1.29, 1.82) is 0 Å². The SMILES string of the molecule is CC(CCC1(N)CC1)c1ccc(Cl)s1. The first kappa shape index (κ1) is 10.5. The van der Waals surface area contributed by atoms with Crippen LogP contribution >= 0.6 is 22.9 Å². The lowest BCUT2D eigenvalue weighted by atomic mass is 9.99. The van der Waals surface area contributed by atoms with E-state index in [1.54, 1.807) is 11.3 Å². The fourth-order valence-electron chi connectivity index (χ4n) is 1.65. The molecule has 1 aromatic heterocycles. The molecule has 1 aliphatic carbocycles. The predicted molar refractivity (Wildman–Crippen MR) is 63.1 cm³/mol. The summed E-state index contributed by atoms with van der Waals surface area (Å²) in [6.07, 6.45) is 4.77. The largest absolute Gasteiger partial charge is 0.325 e. The van der Waals surface area contributed by atoms with Crippen LogP contribution < -0.4 is 5.73 Å². The van der Waals surface area contributed by atoms with Crippen molar-refractivity contribution in [2.45, 2.75) is 44.1 Å². The van der Waals surface area contributed by atoms with E-state index in [0.717, 1.165) is 10.8 Å². The van der Waals surface area contributed by atoms with Crippen molar-refractivity contribution >= 4 is 22.9 Å². The first-order valence-corrected chi connectivity index (χ1v) is 6.33. The topological polar surface area (TPSA) is 26.0 Å². The van der Waals surface area contributed by atoms with Crippen LogP contribution in [0.3, 0.4) is 0 Å². The maximum Gasteiger partial charge on any atom is 0.0931 e. The van der Waals surface area contributed by atoms with E-state index >= 15 is 0 Å². The van der Waals surface area contributed by atoms with Crippen molar-refractivity contribution < 1.29 is 0 Å². The van der Waals surface area contributed by atoms with Crippen molar-refractivity contribution in [3.05, 3.63) is 21.3 Å². The van der Waals surface area contributed by atoms with Crippen molar-refractivity contribution in [3.63, 3.8) is 0 Å². The lowest BCUT2D eigenvalue weighted by Crippen LogP contribution is -2.21. The molecule has 0 bridgehead atoms. The van der Waals surface area contributed by atoms with Crippen molar-refractivity contribution in [2.75, 3.05) is 0 Å². The van der Waals surface area contributed by atoms with Crippen LogP contribution in [0.4, 0.5) is 0 Å². The molecular formula is C11H16ClNS. The molecule has 14 heavy (non-hydrogen) atoms. The Labute approximate surface area is 94.3 Å². The van der Waals surface area contributed by atoms with Crippen molar-refractivity contribution in [2.24, 2.45) is 5.73 Å². The molecule has 1 aromatic rings. The van der Waals surface area contributed by atoms with Crippen LogP contribution in [-0.2, 0) is 0 Å². The molecule has 0 radical (unpaired) electrons. The Morgan fingerprint density at radius 2 is 2.29 bits per heavy atom. The molecule has 2 N–H and O–H groups in total. The first-order chi connectivity index (χ1) is 6.59. The second kappa shape index (κ2) is 3.84. The Hall–Kier alpha value is -0.0500. The smallest absolute Gasteiger partial charge is 0.0931 e. The van der Waals surface area contributed by atoms with E-state index in [9.17, 15) is 0 Å². The van der Waals surface area contributed by atoms with Gasteiger partial charge < -0.3 is 5.73 Å². The molecule has 1 fully saturated rings. The lowest BCUT2D eigenvalue weighted by Gasteiger charge is -2.12. The molecule has 3 heteroatoms. The average Bonchev–Trinajstić information content (AvgIpc) is 2.71. The van der Waals surface area contributed by atoms with Gasteiger partial charge in [-0.25, -0.2) is 0 Å². The Morgan fingerprint density at radius 1 is 1.57 bits per heavy atom. The molecule has 0 aliphatic heterocycles. The van der Waals surface area contributed by atoms with E-state index in [4.69, 9.17) is 17.3 Å². The summed E-state index contributed by atoms with van der Waals surface area (Å²) in [5.41, 5.74) is 6.25. The van der Waals surface area contributed by atoms with Crippen molar-refractivity contribution in [1.82, 2.24) is 0 Å². The third-order valence-corrected chi connectivity index (χ3v) is 4.51. The van der Waals surface area contributed by atoms with Gasteiger partial charge in [-0.3, -0.25) is 0 Å². The minimum Gasteiger partial charge on any atom is -0.325 e. The average molecular weight is 230 g/mol. The van der Waals surface area contributed by atoms with Crippen LogP contribution in [0.5, 0.6) is 0 Å². The van der Waals surface area contributed by atoms with Gasteiger partial charge in [0.2, 0.25) is 0 Å². The zero-order valence-corrected chi connectivity index (χ0v) is 10.00. The number of hydrogen-bond acceptors (Lipinski definition) is 2. The summed E-state index contributed by atoms with van der Waals surface area (Å²) in [6, 6.07) is 4.11. The highest BCUT2D eigenvalue weighted by Crippen LogP contribution is 2.40. The minimum atomic E-state index is 0.190. The molecule has 1 unspecified atom stereocenters. The number of halogens is 1. The Morgan fingerprint density at radius 3 is 2.79 bits per heavy atom. The highest BCUT2D eigenvalue weighted by molar-refractivity contribution is 7.16. The quantitative estimate of drug-likeness (QED) is 0.836. The molecule has 1 atom stereocenters. The first-order valence-electron chi connectivity index (χ1n) is 5.13. The van der Waals surface area contributed by atoms with E-state index in [1.807, 2.05) is 6.07 Å². The van der Waals surface area contributed by atoms with Crippen LogP contribution in [-0.4, -0.2) is 5.54 Å². The number of hydrogen-bond donors (Lipinski definition) is 1. The summed E-state index contributed by atoms with van der Waals surface area (Å²) in [7, 11) is 0. The third kappa shape index (κ3) is 2.50. The second-order valence-corrected chi connectivity index (χ2v) is 6.19. The van der Waals surface area contributed by atoms with Gasteiger partial charge in [0.15, 0.2) is 0 Å². The van der Waals surface area contributed by atoms with E-state index in [-0.39, 0.29) is 5.54 Å². The van der Waals surface area contributed by atoms with E-state index in [1.165, 1.54) is 24.1 Å². The fourth-order valence-corrected chi connectivity index (χ4v) is 2.80. The van der Waals surface area contributed by atoms with Gasteiger partial charge in [0.25, 0.3) is 0 Å².